The fraction of sp³-hybridized carbons (Fsp3) is 0.150. The Morgan fingerprint density at radius 3 is 2.54 bits per heavy atom. The maximum Gasteiger partial charge on any atom is 0.213 e. The van der Waals surface area contributed by atoms with Gasteiger partial charge in [-0.3, -0.25) is 0 Å². The zero-order valence-electron chi connectivity index (χ0n) is 13.7. The highest BCUT2D eigenvalue weighted by Gasteiger charge is 2.21. The smallest absolute Gasteiger partial charge is 0.213 e. The van der Waals surface area contributed by atoms with Gasteiger partial charge in [0.05, 0.1) is 10.9 Å². The van der Waals surface area contributed by atoms with Gasteiger partial charge in [0.25, 0.3) is 0 Å². The van der Waals surface area contributed by atoms with E-state index in [1.54, 1.807) is 13.0 Å². The summed E-state index contributed by atoms with van der Waals surface area (Å²) >= 11 is 0. The van der Waals surface area contributed by atoms with E-state index in [0.29, 0.717) is 27.5 Å². The van der Waals surface area contributed by atoms with Crippen LogP contribution in [0.15, 0.2) is 47.0 Å². The first-order chi connectivity index (χ1) is 11.5. The third kappa shape index (κ3) is 2.10. The fourth-order valence-electron chi connectivity index (χ4n) is 3.17. The summed E-state index contributed by atoms with van der Waals surface area (Å²) in [7, 11) is 1.92. The SMILES string of the molecule is Cc1cc[n+](C)c(-c2cc3oc4cc(F)ccc4c3c(F)c2C)c1. The van der Waals surface area contributed by atoms with Crippen molar-refractivity contribution in [1.82, 2.24) is 0 Å². The average Bonchev–Trinajstić information content (AvgIpc) is 2.90. The molecule has 4 rings (SSSR count). The molecule has 2 aromatic heterocycles. The highest BCUT2D eigenvalue weighted by atomic mass is 19.1. The molecule has 0 bridgehead atoms. The van der Waals surface area contributed by atoms with Crippen LogP contribution in [0.1, 0.15) is 11.1 Å². The predicted octanol–water partition coefficient (Wildman–Crippen LogP) is 4.97. The van der Waals surface area contributed by atoms with Crippen molar-refractivity contribution in [3.63, 3.8) is 0 Å². The average molecular weight is 324 g/mol. The van der Waals surface area contributed by atoms with E-state index in [1.807, 2.05) is 42.9 Å². The lowest BCUT2D eigenvalue weighted by atomic mass is 9.99. The molecule has 0 aliphatic carbocycles. The normalized spacial score (nSPS) is 11.5. The number of furan rings is 1. The molecule has 2 aromatic carbocycles. The maximum absolute atomic E-state index is 15.1. The van der Waals surface area contributed by atoms with Crippen molar-refractivity contribution in [3.05, 3.63) is 65.4 Å². The van der Waals surface area contributed by atoms with Crippen LogP contribution in [0.2, 0.25) is 0 Å². The van der Waals surface area contributed by atoms with Gasteiger partial charge >= 0.3 is 0 Å². The second-order valence-electron chi connectivity index (χ2n) is 6.18. The molecule has 2 nitrogen and oxygen atoms in total. The van der Waals surface area contributed by atoms with Gasteiger partial charge < -0.3 is 4.42 Å². The Kier molecular flexibility index (Phi) is 3.17. The molecule has 0 aliphatic rings. The highest BCUT2D eigenvalue weighted by molar-refractivity contribution is 6.06. The number of fused-ring (bicyclic) bond motifs is 3. The molecule has 0 saturated heterocycles. The van der Waals surface area contributed by atoms with Crippen molar-refractivity contribution in [2.45, 2.75) is 13.8 Å². The third-order valence-electron chi connectivity index (χ3n) is 4.49. The van der Waals surface area contributed by atoms with E-state index in [-0.39, 0.29) is 5.82 Å². The molecule has 0 unspecified atom stereocenters. The molecule has 0 spiro atoms. The number of benzene rings is 2. The Morgan fingerprint density at radius 2 is 1.75 bits per heavy atom. The molecule has 0 aliphatic heterocycles. The zero-order valence-corrected chi connectivity index (χ0v) is 13.7. The molecule has 0 atom stereocenters. The molecule has 2 heterocycles. The van der Waals surface area contributed by atoms with Crippen molar-refractivity contribution in [2.24, 2.45) is 7.05 Å². The van der Waals surface area contributed by atoms with E-state index in [2.05, 4.69) is 0 Å². The summed E-state index contributed by atoms with van der Waals surface area (Å²) in [5.74, 6) is -0.724. The van der Waals surface area contributed by atoms with Crippen LogP contribution >= 0.6 is 0 Å². The Balaban J connectivity index is 2.10. The Bertz CT molecular complexity index is 1110. The van der Waals surface area contributed by atoms with Gasteiger partial charge in [-0.2, -0.15) is 0 Å². The van der Waals surface area contributed by atoms with Crippen LogP contribution in [-0.4, -0.2) is 0 Å². The van der Waals surface area contributed by atoms with Crippen molar-refractivity contribution in [2.75, 3.05) is 0 Å². The number of aromatic nitrogens is 1. The molecule has 24 heavy (non-hydrogen) atoms. The summed E-state index contributed by atoms with van der Waals surface area (Å²) in [5, 5.41) is 0.994. The molecular formula is C20H16F2NO+. The van der Waals surface area contributed by atoms with Gasteiger partial charge in [0, 0.05) is 23.6 Å². The Labute approximate surface area is 138 Å². The number of aryl methyl sites for hydroxylation is 2. The van der Waals surface area contributed by atoms with Gasteiger partial charge in [0.15, 0.2) is 6.20 Å². The van der Waals surface area contributed by atoms with Crippen molar-refractivity contribution in [3.8, 4) is 11.3 Å². The molecule has 4 aromatic rings. The number of hydrogen-bond acceptors (Lipinski definition) is 1. The van der Waals surface area contributed by atoms with Gasteiger partial charge in [-0.25, -0.2) is 13.3 Å². The van der Waals surface area contributed by atoms with E-state index in [1.165, 1.54) is 12.1 Å². The minimum Gasteiger partial charge on any atom is -0.456 e. The van der Waals surface area contributed by atoms with Gasteiger partial charge in [0.1, 0.15) is 29.8 Å². The molecule has 0 saturated carbocycles. The van der Waals surface area contributed by atoms with Gasteiger partial charge in [0.2, 0.25) is 5.69 Å². The largest absolute Gasteiger partial charge is 0.456 e. The number of hydrogen-bond donors (Lipinski definition) is 0. The van der Waals surface area contributed by atoms with Crippen LogP contribution in [0.4, 0.5) is 8.78 Å². The number of pyridine rings is 1. The van der Waals surface area contributed by atoms with Crippen LogP contribution in [0.3, 0.4) is 0 Å². The van der Waals surface area contributed by atoms with Gasteiger partial charge in [-0.05, 0) is 43.2 Å². The first-order valence-electron chi connectivity index (χ1n) is 7.73. The van der Waals surface area contributed by atoms with Crippen molar-refractivity contribution < 1.29 is 17.8 Å². The summed E-state index contributed by atoms with van der Waals surface area (Å²) in [6.07, 6.45) is 1.94. The van der Waals surface area contributed by atoms with Crippen molar-refractivity contribution >= 4 is 21.9 Å². The van der Waals surface area contributed by atoms with Crippen LogP contribution in [0.25, 0.3) is 33.2 Å². The van der Waals surface area contributed by atoms with E-state index < -0.39 is 5.82 Å². The number of nitrogens with zero attached hydrogens (tertiary/aromatic N) is 1. The molecule has 4 heteroatoms. The fourth-order valence-corrected chi connectivity index (χ4v) is 3.17. The standard InChI is InChI=1S/C20H16F2NO/c1-11-6-7-23(3)16(8-11)15-10-18-19(20(22)12(15)2)14-5-4-13(21)9-17(14)24-18/h4-10H,1-3H3/q+1. The summed E-state index contributed by atoms with van der Waals surface area (Å²) in [6.45, 7) is 3.76. The maximum atomic E-state index is 15.1. The topological polar surface area (TPSA) is 17.0 Å². The van der Waals surface area contributed by atoms with Crippen LogP contribution in [0.5, 0.6) is 0 Å². The van der Waals surface area contributed by atoms with E-state index >= 15 is 4.39 Å². The summed E-state index contributed by atoms with van der Waals surface area (Å²) in [5.41, 5.74) is 4.10. The lowest BCUT2D eigenvalue weighted by molar-refractivity contribution is -0.660. The first kappa shape index (κ1) is 14.8. The number of halogens is 2. The lowest BCUT2D eigenvalue weighted by Crippen LogP contribution is -2.30. The lowest BCUT2D eigenvalue weighted by Gasteiger charge is -2.07. The van der Waals surface area contributed by atoms with Crippen LogP contribution in [0, 0.1) is 25.5 Å². The first-order valence-corrected chi connectivity index (χ1v) is 7.73. The monoisotopic (exact) mass is 324 g/mol. The quantitative estimate of drug-likeness (QED) is 0.452. The van der Waals surface area contributed by atoms with E-state index in [4.69, 9.17) is 4.42 Å². The molecule has 0 radical (unpaired) electrons. The van der Waals surface area contributed by atoms with E-state index in [9.17, 15) is 4.39 Å². The highest BCUT2D eigenvalue weighted by Crippen LogP contribution is 2.36. The van der Waals surface area contributed by atoms with Crippen LogP contribution < -0.4 is 4.57 Å². The van der Waals surface area contributed by atoms with E-state index in [0.717, 1.165) is 16.8 Å². The minimum absolute atomic E-state index is 0.325. The molecule has 0 amide bonds. The van der Waals surface area contributed by atoms with Gasteiger partial charge in [-0.15, -0.1) is 0 Å². The predicted molar refractivity (Wildman–Crippen MR) is 89.7 cm³/mol. The Morgan fingerprint density at radius 1 is 0.958 bits per heavy atom. The Hall–Kier alpha value is -2.75. The second kappa shape index (κ2) is 5.13. The summed E-state index contributed by atoms with van der Waals surface area (Å²) in [4.78, 5) is 0. The zero-order chi connectivity index (χ0) is 17.0. The molecule has 0 fully saturated rings. The number of rotatable bonds is 1. The van der Waals surface area contributed by atoms with Crippen LogP contribution in [-0.2, 0) is 7.05 Å². The summed E-state index contributed by atoms with van der Waals surface area (Å²) in [6, 6.07) is 10.0. The second-order valence-corrected chi connectivity index (χ2v) is 6.18. The van der Waals surface area contributed by atoms with Crippen molar-refractivity contribution in [1.29, 1.82) is 0 Å². The molecule has 120 valence electrons. The van der Waals surface area contributed by atoms with Gasteiger partial charge in [-0.1, -0.05) is 0 Å². The third-order valence-corrected chi connectivity index (χ3v) is 4.49. The summed E-state index contributed by atoms with van der Waals surface area (Å²) < 4.78 is 36.2. The molecule has 0 N–H and O–H groups in total. The minimum atomic E-state index is -0.399. The molecular weight excluding hydrogens is 308 g/mol.